The van der Waals surface area contributed by atoms with E-state index in [2.05, 4.69) is 22.2 Å². The number of methoxy groups -OCH3 is 1. The number of rotatable bonds is 9. The minimum absolute atomic E-state index is 0.0374. The van der Waals surface area contributed by atoms with Crippen molar-refractivity contribution in [1.29, 1.82) is 0 Å². The fourth-order valence-corrected chi connectivity index (χ4v) is 4.26. The number of hydrogen-bond acceptors (Lipinski definition) is 10. The Bertz CT molecular complexity index is 678. The van der Waals surface area contributed by atoms with Crippen molar-refractivity contribution >= 4 is 23.3 Å². The topological polar surface area (TPSA) is 121 Å². The van der Waals surface area contributed by atoms with Crippen molar-refractivity contribution in [2.24, 2.45) is 0 Å². The summed E-state index contributed by atoms with van der Waals surface area (Å²) >= 11 is 1.56. The van der Waals surface area contributed by atoms with Crippen LogP contribution in [0, 0.1) is 0 Å². The normalized spacial score (nSPS) is 28.3. The van der Waals surface area contributed by atoms with Crippen LogP contribution in [0.25, 0.3) is 0 Å². The summed E-state index contributed by atoms with van der Waals surface area (Å²) in [6.45, 7) is 6.08. The molecule has 10 heteroatoms. The first kappa shape index (κ1) is 21.4. The molecule has 0 bridgehead atoms. The number of nitrogens with zero attached hydrogens (tertiary/aromatic N) is 2. The molecular formula is C18H30N4O5S. The second-order valence-electron chi connectivity index (χ2n) is 7.31. The van der Waals surface area contributed by atoms with Crippen LogP contribution in [0.1, 0.15) is 33.6 Å². The molecule has 1 aromatic heterocycles. The minimum Gasteiger partial charge on any atom is -0.479 e. The third-order valence-corrected chi connectivity index (χ3v) is 5.73. The first-order valence-corrected chi connectivity index (χ1v) is 10.6. The van der Waals surface area contributed by atoms with E-state index >= 15 is 0 Å². The largest absolute Gasteiger partial charge is 0.479 e. The Balaban J connectivity index is 1.81. The summed E-state index contributed by atoms with van der Waals surface area (Å²) in [5, 5.41) is 13.1. The van der Waals surface area contributed by atoms with Crippen LogP contribution < -0.4 is 15.8 Å². The molecule has 2 heterocycles. The minimum atomic E-state index is -0.701. The lowest BCUT2D eigenvalue weighted by atomic mass is 10.2. The van der Waals surface area contributed by atoms with Crippen molar-refractivity contribution in [2.75, 3.05) is 37.1 Å². The predicted octanol–water partition coefficient (Wildman–Crippen LogP) is 1.65. The summed E-state index contributed by atoms with van der Waals surface area (Å²) in [4.78, 5) is 8.94. The SMILES string of the molecule is CCCSc1nc(N[C@@H]2C[C@H](OCCO)[C@H]3OC(C)(C)O[C@H]32)c(N)c(OC)n1. The molecule has 0 amide bonds. The van der Waals surface area contributed by atoms with Crippen LogP contribution in [-0.4, -0.2) is 71.3 Å². The molecule has 0 spiro atoms. The van der Waals surface area contributed by atoms with Crippen molar-refractivity contribution < 1.29 is 24.1 Å². The molecule has 0 aromatic carbocycles. The highest BCUT2D eigenvalue weighted by Gasteiger charge is 2.54. The molecule has 2 aliphatic rings. The average Bonchev–Trinajstić information content (AvgIpc) is 3.14. The molecule has 2 fully saturated rings. The van der Waals surface area contributed by atoms with Gasteiger partial charge >= 0.3 is 0 Å². The van der Waals surface area contributed by atoms with Crippen LogP contribution in [-0.2, 0) is 14.2 Å². The second-order valence-corrected chi connectivity index (χ2v) is 8.37. The summed E-state index contributed by atoms with van der Waals surface area (Å²) < 4.78 is 23.3. The number of fused-ring (bicyclic) bond motifs is 1. The maximum Gasteiger partial charge on any atom is 0.243 e. The van der Waals surface area contributed by atoms with Crippen molar-refractivity contribution in [3.8, 4) is 5.88 Å². The van der Waals surface area contributed by atoms with Gasteiger partial charge in [-0.2, -0.15) is 4.98 Å². The molecule has 4 atom stereocenters. The van der Waals surface area contributed by atoms with E-state index < -0.39 is 5.79 Å². The van der Waals surface area contributed by atoms with Gasteiger partial charge in [-0.1, -0.05) is 18.7 Å². The van der Waals surface area contributed by atoms with Gasteiger partial charge in [0.2, 0.25) is 5.88 Å². The quantitative estimate of drug-likeness (QED) is 0.406. The van der Waals surface area contributed by atoms with Crippen LogP contribution in [0.3, 0.4) is 0 Å². The molecule has 1 aliphatic carbocycles. The number of aliphatic hydroxyl groups excluding tert-OH is 1. The first-order valence-electron chi connectivity index (χ1n) is 9.57. The monoisotopic (exact) mass is 414 g/mol. The fourth-order valence-electron chi connectivity index (χ4n) is 3.57. The molecule has 3 rings (SSSR count). The van der Waals surface area contributed by atoms with Crippen molar-refractivity contribution in [2.45, 2.75) is 68.9 Å². The van der Waals surface area contributed by atoms with Gasteiger partial charge in [0.15, 0.2) is 16.8 Å². The first-order chi connectivity index (χ1) is 13.4. The molecule has 1 saturated carbocycles. The van der Waals surface area contributed by atoms with Gasteiger partial charge in [0.25, 0.3) is 0 Å². The third kappa shape index (κ3) is 4.62. The van der Waals surface area contributed by atoms with E-state index in [-0.39, 0.29) is 37.6 Å². The van der Waals surface area contributed by atoms with E-state index in [4.69, 9.17) is 29.8 Å². The van der Waals surface area contributed by atoms with Crippen LogP contribution in [0.4, 0.5) is 11.5 Å². The molecular weight excluding hydrogens is 384 g/mol. The number of nitrogens with one attached hydrogen (secondary N) is 1. The Labute approximate surface area is 169 Å². The zero-order valence-corrected chi connectivity index (χ0v) is 17.6. The van der Waals surface area contributed by atoms with Gasteiger partial charge in [-0.3, -0.25) is 0 Å². The zero-order valence-electron chi connectivity index (χ0n) is 16.8. The lowest BCUT2D eigenvalue weighted by Crippen LogP contribution is -2.35. The highest BCUT2D eigenvalue weighted by Crippen LogP contribution is 2.41. The highest BCUT2D eigenvalue weighted by atomic mass is 32.2. The lowest BCUT2D eigenvalue weighted by molar-refractivity contribution is -0.167. The number of nitrogens with two attached hydrogens (primary N) is 1. The molecule has 9 nitrogen and oxygen atoms in total. The van der Waals surface area contributed by atoms with Crippen molar-refractivity contribution in [3.63, 3.8) is 0 Å². The standard InChI is InChI=1S/C18H30N4O5S/c1-5-8-28-17-21-15(12(19)16(22-17)24-4)20-10-9-11(25-7-6-23)14-13(10)26-18(2,3)27-14/h10-11,13-14,23H,5-9,19H2,1-4H3,(H,20,21,22)/t10-,11+,13+,14-/m1/s1. The van der Waals surface area contributed by atoms with Gasteiger partial charge in [-0.25, -0.2) is 4.98 Å². The summed E-state index contributed by atoms with van der Waals surface area (Å²) in [7, 11) is 1.54. The van der Waals surface area contributed by atoms with Crippen molar-refractivity contribution in [1.82, 2.24) is 9.97 Å². The van der Waals surface area contributed by atoms with E-state index in [9.17, 15) is 0 Å². The summed E-state index contributed by atoms with van der Waals surface area (Å²) in [6, 6.07) is -0.110. The average molecular weight is 415 g/mol. The van der Waals surface area contributed by atoms with Crippen LogP contribution >= 0.6 is 11.8 Å². The third-order valence-electron chi connectivity index (χ3n) is 4.68. The van der Waals surface area contributed by atoms with Gasteiger partial charge in [0.1, 0.15) is 17.9 Å². The van der Waals surface area contributed by atoms with Gasteiger partial charge in [0, 0.05) is 5.75 Å². The predicted molar refractivity (Wildman–Crippen MR) is 107 cm³/mol. The maximum atomic E-state index is 9.10. The van der Waals surface area contributed by atoms with Crippen LogP contribution in [0.15, 0.2) is 5.16 Å². The van der Waals surface area contributed by atoms with Gasteiger partial charge in [-0.15, -0.1) is 0 Å². The number of anilines is 2. The fraction of sp³-hybridized carbons (Fsp3) is 0.778. The zero-order chi connectivity index (χ0) is 20.3. The summed E-state index contributed by atoms with van der Waals surface area (Å²) in [5.74, 6) is 1.07. The van der Waals surface area contributed by atoms with Crippen LogP contribution in [0.5, 0.6) is 5.88 Å². The number of thioether (sulfide) groups is 1. The molecule has 1 saturated heterocycles. The molecule has 1 aliphatic heterocycles. The number of aliphatic hydroxyl groups is 1. The lowest BCUT2D eigenvalue weighted by Gasteiger charge is -2.24. The van der Waals surface area contributed by atoms with Crippen molar-refractivity contribution in [3.05, 3.63) is 0 Å². The highest BCUT2D eigenvalue weighted by molar-refractivity contribution is 7.99. The van der Waals surface area contributed by atoms with Gasteiger partial charge in [0.05, 0.1) is 32.5 Å². The van der Waals surface area contributed by atoms with E-state index in [1.54, 1.807) is 11.8 Å². The summed E-state index contributed by atoms with van der Waals surface area (Å²) in [6.07, 6.45) is 1.04. The summed E-state index contributed by atoms with van der Waals surface area (Å²) in [5.41, 5.74) is 6.58. The van der Waals surface area contributed by atoms with E-state index in [1.165, 1.54) is 7.11 Å². The number of nitrogen functional groups attached to an aromatic ring is 1. The smallest absolute Gasteiger partial charge is 0.243 e. The van der Waals surface area contributed by atoms with E-state index in [0.29, 0.717) is 29.0 Å². The van der Waals surface area contributed by atoms with Crippen LogP contribution in [0.2, 0.25) is 0 Å². The number of ether oxygens (including phenoxy) is 4. The Morgan fingerprint density at radius 1 is 1.32 bits per heavy atom. The molecule has 0 radical (unpaired) electrons. The van der Waals surface area contributed by atoms with E-state index in [0.717, 1.165) is 12.2 Å². The number of hydrogen-bond donors (Lipinski definition) is 3. The molecule has 28 heavy (non-hydrogen) atoms. The van der Waals surface area contributed by atoms with Gasteiger partial charge < -0.3 is 35.1 Å². The second kappa shape index (κ2) is 9.00. The van der Waals surface area contributed by atoms with E-state index in [1.807, 2.05) is 13.8 Å². The Hall–Kier alpha value is -1.33. The Kier molecular flexibility index (Phi) is 6.87. The number of aromatic nitrogens is 2. The van der Waals surface area contributed by atoms with Gasteiger partial charge in [-0.05, 0) is 26.7 Å². The Morgan fingerprint density at radius 2 is 2.07 bits per heavy atom. The molecule has 4 N–H and O–H groups in total. The Morgan fingerprint density at radius 3 is 2.75 bits per heavy atom. The molecule has 158 valence electrons. The maximum absolute atomic E-state index is 9.10. The molecule has 1 aromatic rings. The molecule has 0 unspecified atom stereocenters.